The second-order valence-electron chi connectivity index (χ2n) is 2.57. The zero-order chi connectivity index (χ0) is 10.7. The molecule has 14 heavy (non-hydrogen) atoms. The number of carbonyl (C=O) groups is 1. The van der Waals surface area contributed by atoms with Crippen LogP contribution in [0.25, 0.3) is 0 Å². The van der Waals surface area contributed by atoms with Gasteiger partial charge < -0.3 is 4.74 Å². The van der Waals surface area contributed by atoms with E-state index >= 15 is 0 Å². The van der Waals surface area contributed by atoms with Gasteiger partial charge in [-0.05, 0) is 17.7 Å². The van der Waals surface area contributed by atoms with Crippen LogP contribution in [0.2, 0.25) is 10.0 Å². The Morgan fingerprint density at radius 3 is 2.71 bits per heavy atom. The fourth-order valence-corrected chi connectivity index (χ4v) is 1.94. The van der Waals surface area contributed by atoms with E-state index in [0.717, 1.165) is 4.47 Å². The number of benzene rings is 1. The molecule has 0 spiro atoms. The SMILES string of the molecule is COC(=O)Cc1c(Br)ccc(Cl)c1Cl. The number of hydrogen-bond acceptors (Lipinski definition) is 2. The van der Waals surface area contributed by atoms with Crippen LogP contribution in [0.15, 0.2) is 16.6 Å². The molecule has 0 amide bonds. The van der Waals surface area contributed by atoms with Crippen LogP contribution in [0.4, 0.5) is 0 Å². The van der Waals surface area contributed by atoms with Crippen LogP contribution in [0, 0.1) is 0 Å². The van der Waals surface area contributed by atoms with E-state index in [9.17, 15) is 4.79 Å². The van der Waals surface area contributed by atoms with Crippen molar-refractivity contribution in [3.05, 3.63) is 32.2 Å². The standard InChI is InChI=1S/C9H7BrCl2O2/c1-14-8(13)4-5-6(10)2-3-7(11)9(5)12/h2-3H,4H2,1H3. The highest BCUT2D eigenvalue weighted by atomic mass is 79.9. The van der Waals surface area contributed by atoms with E-state index < -0.39 is 0 Å². The second kappa shape index (κ2) is 5.01. The minimum atomic E-state index is -0.352. The first kappa shape index (κ1) is 11.8. The van der Waals surface area contributed by atoms with Crippen molar-refractivity contribution in [3.63, 3.8) is 0 Å². The van der Waals surface area contributed by atoms with Crippen molar-refractivity contribution in [2.75, 3.05) is 7.11 Å². The van der Waals surface area contributed by atoms with E-state index in [1.54, 1.807) is 12.1 Å². The number of hydrogen-bond donors (Lipinski definition) is 0. The lowest BCUT2D eigenvalue weighted by atomic mass is 10.1. The van der Waals surface area contributed by atoms with Crippen LogP contribution in [0.1, 0.15) is 5.56 Å². The summed E-state index contributed by atoms with van der Waals surface area (Å²) >= 11 is 15.0. The molecule has 5 heteroatoms. The normalized spacial score (nSPS) is 10.0. The summed E-state index contributed by atoms with van der Waals surface area (Å²) in [4.78, 5) is 11.1. The van der Waals surface area contributed by atoms with Gasteiger partial charge in [-0.1, -0.05) is 39.1 Å². The highest BCUT2D eigenvalue weighted by molar-refractivity contribution is 9.10. The van der Waals surface area contributed by atoms with Gasteiger partial charge in [-0.3, -0.25) is 4.79 Å². The molecule has 0 heterocycles. The van der Waals surface area contributed by atoms with Gasteiger partial charge in [-0.15, -0.1) is 0 Å². The lowest BCUT2D eigenvalue weighted by molar-refractivity contribution is -0.139. The maximum Gasteiger partial charge on any atom is 0.310 e. The van der Waals surface area contributed by atoms with Gasteiger partial charge >= 0.3 is 5.97 Å². The Morgan fingerprint density at radius 2 is 2.14 bits per heavy atom. The van der Waals surface area contributed by atoms with Crippen molar-refractivity contribution in [2.24, 2.45) is 0 Å². The number of esters is 1. The number of rotatable bonds is 2. The van der Waals surface area contributed by atoms with Crippen molar-refractivity contribution >= 4 is 45.1 Å². The molecule has 0 saturated carbocycles. The average molecular weight is 298 g/mol. The first-order valence-corrected chi connectivity index (χ1v) is 5.30. The Hall–Kier alpha value is -0.250. The molecule has 0 radical (unpaired) electrons. The minimum absolute atomic E-state index is 0.108. The van der Waals surface area contributed by atoms with E-state index in [4.69, 9.17) is 23.2 Å². The zero-order valence-electron chi connectivity index (χ0n) is 7.31. The molecule has 76 valence electrons. The summed E-state index contributed by atoms with van der Waals surface area (Å²) in [5, 5.41) is 0.806. The third-order valence-electron chi connectivity index (χ3n) is 1.69. The third-order valence-corrected chi connectivity index (χ3v) is 3.27. The molecule has 0 aromatic heterocycles. The maximum absolute atomic E-state index is 11.1. The molecule has 0 aliphatic heterocycles. The topological polar surface area (TPSA) is 26.3 Å². The van der Waals surface area contributed by atoms with E-state index in [1.807, 2.05) is 0 Å². The summed E-state index contributed by atoms with van der Waals surface area (Å²) in [6.45, 7) is 0. The van der Waals surface area contributed by atoms with Crippen LogP contribution in [0.3, 0.4) is 0 Å². The van der Waals surface area contributed by atoms with Gasteiger partial charge in [0.25, 0.3) is 0 Å². The van der Waals surface area contributed by atoms with Gasteiger partial charge in [-0.2, -0.15) is 0 Å². The fraction of sp³-hybridized carbons (Fsp3) is 0.222. The van der Waals surface area contributed by atoms with Crippen molar-refractivity contribution in [1.29, 1.82) is 0 Å². The lowest BCUT2D eigenvalue weighted by Gasteiger charge is -2.06. The summed E-state index contributed by atoms with van der Waals surface area (Å²) in [5.41, 5.74) is 0.644. The number of ether oxygens (including phenoxy) is 1. The van der Waals surface area contributed by atoms with E-state index in [2.05, 4.69) is 20.7 Å². The highest BCUT2D eigenvalue weighted by Crippen LogP contribution is 2.31. The zero-order valence-corrected chi connectivity index (χ0v) is 10.4. The fourth-order valence-electron chi connectivity index (χ4n) is 0.948. The molecule has 0 aliphatic rings. The number of carbonyl (C=O) groups excluding carboxylic acids is 1. The molecular weight excluding hydrogens is 291 g/mol. The number of methoxy groups -OCH3 is 1. The van der Waals surface area contributed by atoms with Crippen molar-refractivity contribution < 1.29 is 9.53 Å². The van der Waals surface area contributed by atoms with E-state index in [-0.39, 0.29) is 12.4 Å². The van der Waals surface area contributed by atoms with Crippen LogP contribution in [0.5, 0.6) is 0 Å². The Labute approximate surface area is 100 Å². The van der Waals surface area contributed by atoms with Gasteiger partial charge in [-0.25, -0.2) is 0 Å². The minimum Gasteiger partial charge on any atom is -0.469 e. The van der Waals surface area contributed by atoms with Gasteiger partial charge in [0.1, 0.15) is 0 Å². The molecule has 1 aromatic carbocycles. The van der Waals surface area contributed by atoms with Crippen molar-refractivity contribution in [3.8, 4) is 0 Å². The summed E-state index contributed by atoms with van der Waals surface area (Å²) < 4.78 is 5.29. The summed E-state index contributed by atoms with van der Waals surface area (Å²) in [5.74, 6) is -0.352. The molecule has 0 aliphatic carbocycles. The lowest BCUT2D eigenvalue weighted by Crippen LogP contribution is -2.05. The third kappa shape index (κ3) is 2.62. The molecular formula is C9H7BrCl2O2. The van der Waals surface area contributed by atoms with Gasteiger partial charge in [0.05, 0.1) is 23.6 Å². The van der Waals surface area contributed by atoms with E-state index in [0.29, 0.717) is 15.6 Å². The molecule has 0 N–H and O–H groups in total. The number of halogens is 3. The second-order valence-corrected chi connectivity index (χ2v) is 4.21. The summed E-state index contributed by atoms with van der Waals surface area (Å²) in [6.07, 6.45) is 0.108. The van der Waals surface area contributed by atoms with Crippen LogP contribution in [-0.2, 0) is 16.0 Å². The van der Waals surface area contributed by atoms with E-state index in [1.165, 1.54) is 7.11 Å². The maximum atomic E-state index is 11.1. The summed E-state index contributed by atoms with van der Waals surface area (Å²) in [7, 11) is 1.33. The Kier molecular flexibility index (Phi) is 4.23. The van der Waals surface area contributed by atoms with Crippen molar-refractivity contribution in [1.82, 2.24) is 0 Å². The average Bonchev–Trinajstić information content (AvgIpc) is 2.18. The first-order chi connectivity index (χ1) is 6.56. The Bertz CT molecular complexity index is 366. The van der Waals surface area contributed by atoms with Gasteiger partial charge in [0.2, 0.25) is 0 Å². The smallest absolute Gasteiger partial charge is 0.310 e. The van der Waals surface area contributed by atoms with Crippen molar-refractivity contribution in [2.45, 2.75) is 6.42 Å². The predicted molar refractivity (Wildman–Crippen MR) is 59.9 cm³/mol. The molecule has 0 saturated heterocycles. The van der Waals surface area contributed by atoms with Crippen LogP contribution < -0.4 is 0 Å². The summed E-state index contributed by atoms with van der Waals surface area (Å²) in [6, 6.07) is 3.40. The Balaban J connectivity index is 3.06. The quantitative estimate of drug-likeness (QED) is 0.617. The van der Waals surface area contributed by atoms with Gasteiger partial charge in [0.15, 0.2) is 0 Å². The first-order valence-electron chi connectivity index (χ1n) is 3.75. The van der Waals surface area contributed by atoms with Crippen LogP contribution >= 0.6 is 39.1 Å². The molecule has 0 bridgehead atoms. The molecule has 0 fully saturated rings. The van der Waals surface area contributed by atoms with Gasteiger partial charge in [0, 0.05) is 4.47 Å². The molecule has 0 atom stereocenters. The van der Waals surface area contributed by atoms with Crippen LogP contribution in [-0.4, -0.2) is 13.1 Å². The molecule has 1 aromatic rings. The highest BCUT2D eigenvalue weighted by Gasteiger charge is 2.13. The largest absolute Gasteiger partial charge is 0.469 e. The molecule has 0 unspecified atom stereocenters. The predicted octanol–water partition coefficient (Wildman–Crippen LogP) is 3.47. The monoisotopic (exact) mass is 296 g/mol. The molecule has 2 nitrogen and oxygen atoms in total. The Morgan fingerprint density at radius 1 is 1.50 bits per heavy atom. The molecule has 1 rings (SSSR count).